The zero-order valence-electron chi connectivity index (χ0n) is 17.7. The Balaban J connectivity index is 1.42. The molecule has 0 saturated heterocycles. The Labute approximate surface area is 182 Å². The molecule has 3 rings (SSSR count). The first-order chi connectivity index (χ1) is 15.0. The second kappa shape index (κ2) is 10.8. The largest absolute Gasteiger partial charge is 0.496 e. The van der Waals surface area contributed by atoms with Crippen molar-refractivity contribution in [2.75, 3.05) is 13.7 Å². The molecule has 0 atom stereocenters. The van der Waals surface area contributed by atoms with Gasteiger partial charge in [-0.05, 0) is 42.3 Å². The van der Waals surface area contributed by atoms with Gasteiger partial charge >= 0.3 is 0 Å². The number of carbonyl (C=O) groups is 2. The average molecular weight is 418 g/mol. The molecule has 0 heterocycles. The van der Waals surface area contributed by atoms with Crippen LogP contribution in [0.15, 0.2) is 72.8 Å². The summed E-state index contributed by atoms with van der Waals surface area (Å²) in [5.41, 5.74) is 3.64. The van der Waals surface area contributed by atoms with E-state index in [9.17, 15) is 9.59 Å². The number of hydrogen-bond acceptors (Lipinski definition) is 4. The number of methoxy groups -OCH3 is 1. The molecule has 0 unspecified atom stereocenters. The van der Waals surface area contributed by atoms with Gasteiger partial charge in [-0.25, -0.2) is 0 Å². The molecule has 0 saturated carbocycles. The third kappa shape index (κ3) is 6.60. The lowest BCUT2D eigenvalue weighted by molar-refractivity contribution is -0.120. The highest BCUT2D eigenvalue weighted by molar-refractivity contribution is 5.98. The van der Waals surface area contributed by atoms with E-state index in [2.05, 4.69) is 29.7 Å². The van der Waals surface area contributed by atoms with Crippen molar-refractivity contribution in [1.82, 2.24) is 10.6 Å². The van der Waals surface area contributed by atoms with E-state index < -0.39 is 0 Å². The zero-order chi connectivity index (χ0) is 22.1. The molecule has 2 N–H and O–H groups in total. The molecule has 0 aromatic heterocycles. The average Bonchev–Trinajstić information content (AvgIpc) is 2.80. The van der Waals surface area contributed by atoms with Crippen molar-refractivity contribution in [2.24, 2.45) is 0 Å². The fourth-order valence-corrected chi connectivity index (χ4v) is 3.02. The molecule has 0 radical (unpaired) electrons. The van der Waals surface area contributed by atoms with Crippen LogP contribution in [0.1, 0.15) is 27.0 Å². The van der Waals surface area contributed by atoms with Gasteiger partial charge in [0.15, 0.2) is 0 Å². The number of carbonyl (C=O) groups excluding carboxylic acids is 2. The molecular weight excluding hydrogens is 392 g/mol. The van der Waals surface area contributed by atoms with Crippen molar-refractivity contribution >= 4 is 11.8 Å². The minimum Gasteiger partial charge on any atom is -0.496 e. The van der Waals surface area contributed by atoms with Gasteiger partial charge in [-0.15, -0.1) is 0 Å². The Morgan fingerprint density at radius 3 is 2.39 bits per heavy atom. The van der Waals surface area contributed by atoms with E-state index in [0.717, 1.165) is 16.9 Å². The maximum Gasteiger partial charge on any atom is 0.255 e. The molecule has 3 aromatic rings. The highest BCUT2D eigenvalue weighted by Crippen LogP contribution is 2.17. The first-order valence-corrected chi connectivity index (χ1v) is 10.0. The molecule has 6 heteroatoms. The summed E-state index contributed by atoms with van der Waals surface area (Å²) in [6.07, 6.45) is 0. The van der Waals surface area contributed by atoms with Crippen LogP contribution in [0.3, 0.4) is 0 Å². The molecular formula is C25H26N2O4. The zero-order valence-corrected chi connectivity index (χ0v) is 17.7. The smallest absolute Gasteiger partial charge is 0.255 e. The Morgan fingerprint density at radius 1 is 0.871 bits per heavy atom. The van der Waals surface area contributed by atoms with Crippen LogP contribution >= 0.6 is 0 Å². The number of rotatable bonds is 9. The van der Waals surface area contributed by atoms with E-state index in [1.807, 2.05) is 36.4 Å². The fraction of sp³-hybridized carbons (Fsp3) is 0.200. The van der Waals surface area contributed by atoms with Crippen LogP contribution in [0.25, 0.3) is 0 Å². The van der Waals surface area contributed by atoms with Crippen molar-refractivity contribution in [3.8, 4) is 11.5 Å². The van der Waals surface area contributed by atoms with Gasteiger partial charge in [0, 0.05) is 6.54 Å². The van der Waals surface area contributed by atoms with Crippen molar-refractivity contribution in [3.05, 3.63) is 95.1 Å². The highest BCUT2D eigenvalue weighted by Gasteiger charge is 2.12. The summed E-state index contributed by atoms with van der Waals surface area (Å²) in [6.45, 7) is 2.80. The fourth-order valence-electron chi connectivity index (χ4n) is 3.02. The van der Waals surface area contributed by atoms with Crippen molar-refractivity contribution in [3.63, 3.8) is 0 Å². The SMILES string of the molecule is COc1ccccc1C(=O)NCC(=O)NCc1ccc(OCc2cccc(C)c2)cc1. The predicted octanol–water partition coefficient (Wildman–Crippen LogP) is 3.63. The molecule has 6 nitrogen and oxygen atoms in total. The van der Waals surface area contributed by atoms with E-state index in [-0.39, 0.29) is 18.4 Å². The summed E-state index contributed by atoms with van der Waals surface area (Å²) in [5, 5.41) is 5.40. The molecule has 0 fully saturated rings. The van der Waals surface area contributed by atoms with Crippen LogP contribution in [0.4, 0.5) is 0 Å². The predicted molar refractivity (Wildman–Crippen MR) is 119 cm³/mol. The van der Waals surface area contributed by atoms with Gasteiger partial charge in [-0.1, -0.05) is 54.1 Å². The van der Waals surface area contributed by atoms with Crippen molar-refractivity contribution < 1.29 is 19.1 Å². The summed E-state index contributed by atoms with van der Waals surface area (Å²) < 4.78 is 11.0. The monoisotopic (exact) mass is 418 g/mol. The normalized spacial score (nSPS) is 10.3. The third-order valence-corrected chi connectivity index (χ3v) is 4.66. The first kappa shape index (κ1) is 21.9. The second-order valence-corrected chi connectivity index (χ2v) is 7.08. The third-order valence-electron chi connectivity index (χ3n) is 4.66. The quantitative estimate of drug-likeness (QED) is 0.556. The molecule has 0 bridgehead atoms. The van der Waals surface area contributed by atoms with Crippen molar-refractivity contribution in [1.29, 1.82) is 0 Å². The maximum atomic E-state index is 12.2. The Bertz CT molecular complexity index is 1030. The van der Waals surface area contributed by atoms with Crippen LogP contribution < -0.4 is 20.1 Å². The molecule has 3 aromatic carbocycles. The number of hydrogen-bond donors (Lipinski definition) is 2. The molecule has 0 spiro atoms. The van der Waals surface area contributed by atoms with Gasteiger partial charge in [-0.2, -0.15) is 0 Å². The van der Waals surface area contributed by atoms with E-state index in [4.69, 9.17) is 9.47 Å². The number of aryl methyl sites for hydroxylation is 1. The van der Waals surface area contributed by atoms with Crippen molar-refractivity contribution in [2.45, 2.75) is 20.1 Å². The molecule has 0 aliphatic carbocycles. The molecule has 160 valence electrons. The molecule has 31 heavy (non-hydrogen) atoms. The summed E-state index contributed by atoms with van der Waals surface area (Å²) in [5.74, 6) is 0.594. The van der Waals surface area contributed by atoms with Crippen LogP contribution in [0.5, 0.6) is 11.5 Å². The number of nitrogens with one attached hydrogen (secondary N) is 2. The van der Waals surface area contributed by atoms with Gasteiger partial charge in [0.1, 0.15) is 18.1 Å². The lowest BCUT2D eigenvalue weighted by atomic mass is 10.1. The first-order valence-electron chi connectivity index (χ1n) is 10.0. The van der Waals surface area contributed by atoms with Gasteiger partial charge in [0.05, 0.1) is 19.2 Å². The van der Waals surface area contributed by atoms with Crippen LogP contribution in [0, 0.1) is 6.92 Å². The minimum atomic E-state index is -0.359. The maximum absolute atomic E-state index is 12.2. The minimum absolute atomic E-state index is 0.116. The van der Waals surface area contributed by atoms with Crippen LogP contribution in [-0.4, -0.2) is 25.5 Å². The van der Waals surface area contributed by atoms with E-state index in [1.54, 1.807) is 24.3 Å². The van der Waals surface area contributed by atoms with Gasteiger partial charge < -0.3 is 20.1 Å². The standard InChI is InChI=1S/C25H26N2O4/c1-18-6-5-7-20(14-18)17-31-21-12-10-19(11-13-21)15-26-24(28)16-27-25(29)22-8-3-4-9-23(22)30-2/h3-14H,15-17H2,1-2H3,(H,26,28)(H,27,29). The summed E-state index contributed by atoms with van der Waals surface area (Å²) >= 11 is 0. The molecule has 2 amide bonds. The van der Waals surface area contributed by atoms with Crippen LogP contribution in [0.2, 0.25) is 0 Å². The second-order valence-electron chi connectivity index (χ2n) is 7.08. The Kier molecular flexibility index (Phi) is 7.65. The van der Waals surface area contributed by atoms with E-state index >= 15 is 0 Å². The summed E-state index contributed by atoms with van der Waals surface area (Å²) in [4.78, 5) is 24.3. The number of ether oxygens (including phenoxy) is 2. The lowest BCUT2D eigenvalue weighted by Crippen LogP contribution is -2.36. The number of amides is 2. The van der Waals surface area contributed by atoms with Gasteiger partial charge in [0.25, 0.3) is 5.91 Å². The van der Waals surface area contributed by atoms with E-state index in [1.165, 1.54) is 12.7 Å². The Morgan fingerprint density at radius 2 is 1.65 bits per heavy atom. The lowest BCUT2D eigenvalue weighted by Gasteiger charge is -2.10. The van der Waals surface area contributed by atoms with Gasteiger partial charge in [-0.3, -0.25) is 9.59 Å². The topological polar surface area (TPSA) is 76.7 Å². The molecule has 0 aliphatic rings. The number of para-hydroxylation sites is 1. The molecule has 0 aliphatic heterocycles. The summed E-state index contributed by atoms with van der Waals surface area (Å²) in [7, 11) is 1.50. The number of benzene rings is 3. The van der Waals surface area contributed by atoms with Crippen LogP contribution in [-0.2, 0) is 17.9 Å². The van der Waals surface area contributed by atoms with Gasteiger partial charge in [0.2, 0.25) is 5.91 Å². The Hall–Kier alpha value is -3.80. The highest BCUT2D eigenvalue weighted by atomic mass is 16.5. The van der Waals surface area contributed by atoms with E-state index in [0.29, 0.717) is 24.5 Å². The summed E-state index contributed by atoms with van der Waals surface area (Å²) in [6, 6.07) is 22.6.